The van der Waals surface area contributed by atoms with E-state index in [4.69, 9.17) is 0 Å². The number of carbonyl (C=O) groups excluding carboxylic acids is 2. The molecule has 0 bridgehead atoms. The Hall–Kier alpha value is -2.27. The molecule has 1 aliphatic heterocycles. The Kier molecular flexibility index (Phi) is 5.10. The molecular formula is C21H24N2O2S. The fourth-order valence-electron chi connectivity index (χ4n) is 3.15. The van der Waals surface area contributed by atoms with E-state index in [9.17, 15) is 9.59 Å². The molecular weight excluding hydrogens is 344 g/mol. The van der Waals surface area contributed by atoms with Gasteiger partial charge in [0.05, 0.1) is 6.54 Å². The van der Waals surface area contributed by atoms with Crippen LogP contribution >= 0.6 is 11.8 Å². The van der Waals surface area contributed by atoms with Gasteiger partial charge in [0.1, 0.15) is 5.54 Å². The summed E-state index contributed by atoms with van der Waals surface area (Å²) in [7, 11) is 0. The van der Waals surface area contributed by atoms with Crippen LogP contribution in [0.4, 0.5) is 4.79 Å². The van der Waals surface area contributed by atoms with E-state index in [1.807, 2.05) is 54.8 Å². The number of imide groups is 1. The average Bonchev–Trinajstić information content (AvgIpc) is 2.86. The summed E-state index contributed by atoms with van der Waals surface area (Å²) in [6, 6.07) is 15.5. The number of thioether (sulfide) groups is 1. The summed E-state index contributed by atoms with van der Waals surface area (Å²) in [4.78, 5) is 27.9. The maximum atomic E-state index is 13.0. The summed E-state index contributed by atoms with van der Waals surface area (Å²) in [5.74, 6) is 0.209. The zero-order valence-corrected chi connectivity index (χ0v) is 16.4. The van der Waals surface area contributed by atoms with Crippen molar-refractivity contribution in [3.05, 3.63) is 65.2 Å². The summed E-state index contributed by atoms with van der Waals surface area (Å²) >= 11 is 1.66. The van der Waals surface area contributed by atoms with E-state index in [1.54, 1.807) is 18.7 Å². The lowest BCUT2D eigenvalue weighted by molar-refractivity contribution is -0.131. The highest BCUT2D eigenvalue weighted by molar-refractivity contribution is 7.98. The fourth-order valence-corrected chi connectivity index (χ4v) is 3.56. The molecule has 1 heterocycles. The molecule has 5 heteroatoms. The van der Waals surface area contributed by atoms with Crippen molar-refractivity contribution >= 4 is 23.7 Å². The van der Waals surface area contributed by atoms with Crippen LogP contribution in [0.1, 0.15) is 43.4 Å². The molecule has 3 amide bonds. The Balaban J connectivity index is 1.82. The Morgan fingerprint density at radius 2 is 1.65 bits per heavy atom. The molecule has 0 radical (unpaired) electrons. The molecule has 2 aromatic rings. The van der Waals surface area contributed by atoms with Crippen molar-refractivity contribution < 1.29 is 9.59 Å². The largest absolute Gasteiger partial charge is 0.325 e. The summed E-state index contributed by atoms with van der Waals surface area (Å²) in [6.45, 7) is 6.31. The van der Waals surface area contributed by atoms with Gasteiger partial charge in [-0.05, 0) is 47.9 Å². The minimum Gasteiger partial charge on any atom is -0.319 e. The van der Waals surface area contributed by atoms with E-state index in [1.165, 1.54) is 10.5 Å². The van der Waals surface area contributed by atoms with E-state index in [-0.39, 0.29) is 18.5 Å². The highest BCUT2D eigenvalue weighted by Gasteiger charge is 2.48. The van der Waals surface area contributed by atoms with Gasteiger partial charge in [0.15, 0.2) is 0 Å². The summed E-state index contributed by atoms with van der Waals surface area (Å²) in [5, 5.41) is 2.87. The van der Waals surface area contributed by atoms with Crippen LogP contribution in [0.2, 0.25) is 0 Å². The predicted molar refractivity (Wildman–Crippen MR) is 105 cm³/mol. The van der Waals surface area contributed by atoms with Crippen molar-refractivity contribution in [1.82, 2.24) is 10.2 Å². The monoisotopic (exact) mass is 368 g/mol. The number of urea groups is 1. The van der Waals surface area contributed by atoms with E-state index in [0.717, 1.165) is 16.0 Å². The number of nitrogens with one attached hydrogen (secondary N) is 1. The fraction of sp³-hybridized carbons (Fsp3) is 0.333. The molecule has 0 saturated carbocycles. The molecule has 136 valence electrons. The number of nitrogens with zero attached hydrogens (tertiary/aromatic N) is 1. The third kappa shape index (κ3) is 3.36. The van der Waals surface area contributed by atoms with Crippen LogP contribution in [-0.2, 0) is 16.9 Å². The van der Waals surface area contributed by atoms with Crippen molar-refractivity contribution in [2.75, 3.05) is 6.26 Å². The second-order valence-electron chi connectivity index (χ2n) is 7.07. The number of amides is 3. The van der Waals surface area contributed by atoms with Crippen LogP contribution in [0.15, 0.2) is 53.4 Å². The standard InChI is InChI=1S/C21H24N2O2S/c1-14(2)16-7-9-17(10-8-16)21(3)19(24)23(20(25)22-21)13-15-5-11-18(26-4)12-6-15/h5-12,14H,13H2,1-4H3,(H,22,25)/t21-/m0/s1. The molecule has 1 saturated heterocycles. The zero-order chi connectivity index (χ0) is 18.9. The molecule has 26 heavy (non-hydrogen) atoms. The second kappa shape index (κ2) is 7.16. The van der Waals surface area contributed by atoms with E-state index < -0.39 is 5.54 Å². The van der Waals surface area contributed by atoms with Crippen molar-refractivity contribution in [3.8, 4) is 0 Å². The lowest BCUT2D eigenvalue weighted by atomic mass is 9.90. The van der Waals surface area contributed by atoms with Crippen LogP contribution in [0.3, 0.4) is 0 Å². The summed E-state index contributed by atoms with van der Waals surface area (Å²) in [5.41, 5.74) is 1.93. The Bertz CT molecular complexity index is 815. The number of benzene rings is 2. The molecule has 0 spiro atoms. The SMILES string of the molecule is CSc1ccc(CN2C(=O)N[C@@](C)(c3ccc(C(C)C)cc3)C2=O)cc1. The molecule has 4 nitrogen and oxygen atoms in total. The van der Waals surface area contributed by atoms with Crippen LogP contribution in [-0.4, -0.2) is 23.1 Å². The van der Waals surface area contributed by atoms with Crippen molar-refractivity contribution in [2.45, 2.75) is 43.7 Å². The lowest BCUT2D eigenvalue weighted by Crippen LogP contribution is -2.40. The second-order valence-corrected chi connectivity index (χ2v) is 7.95. The summed E-state index contributed by atoms with van der Waals surface area (Å²) in [6.07, 6.45) is 2.02. The first-order valence-electron chi connectivity index (χ1n) is 8.72. The van der Waals surface area contributed by atoms with Crippen LogP contribution < -0.4 is 5.32 Å². The normalized spacial score (nSPS) is 20.0. The molecule has 0 unspecified atom stereocenters. The number of carbonyl (C=O) groups is 2. The maximum Gasteiger partial charge on any atom is 0.325 e. The number of hydrogen-bond acceptors (Lipinski definition) is 3. The first-order valence-corrected chi connectivity index (χ1v) is 9.95. The molecule has 1 N–H and O–H groups in total. The Labute approximate surface area is 159 Å². The first kappa shape index (κ1) is 18.5. The van der Waals surface area contributed by atoms with Gasteiger partial charge >= 0.3 is 6.03 Å². The lowest BCUT2D eigenvalue weighted by Gasteiger charge is -2.23. The smallest absolute Gasteiger partial charge is 0.319 e. The topological polar surface area (TPSA) is 49.4 Å². The average molecular weight is 369 g/mol. The molecule has 0 aromatic heterocycles. The van der Waals surface area contributed by atoms with Crippen molar-refractivity contribution in [3.63, 3.8) is 0 Å². The molecule has 1 fully saturated rings. The minimum absolute atomic E-state index is 0.214. The third-order valence-electron chi connectivity index (χ3n) is 4.93. The Morgan fingerprint density at radius 3 is 2.19 bits per heavy atom. The van der Waals surface area contributed by atoms with Gasteiger partial charge in [0.25, 0.3) is 5.91 Å². The molecule has 1 atom stereocenters. The molecule has 3 rings (SSSR count). The minimum atomic E-state index is -1.02. The molecule has 2 aromatic carbocycles. The van der Waals surface area contributed by atoms with Gasteiger partial charge in [-0.1, -0.05) is 50.2 Å². The first-order chi connectivity index (χ1) is 12.3. The van der Waals surface area contributed by atoms with Gasteiger partial charge in [-0.15, -0.1) is 11.8 Å². The van der Waals surface area contributed by atoms with Gasteiger partial charge in [-0.25, -0.2) is 4.79 Å². The van der Waals surface area contributed by atoms with Crippen molar-refractivity contribution in [2.24, 2.45) is 0 Å². The van der Waals surface area contributed by atoms with Gasteiger partial charge < -0.3 is 5.32 Å². The Morgan fingerprint density at radius 1 is 1.04 bits per heavy atom. The third-order valence-corrected chi connectivity index (χ3v) is 5.67. The zero-order valence-electron chi connectivity index (χ0n) is 15.6. The van der Waals surface area contributed by atoms with Crippen LogP contribution in [0.5, 0.6) is 0 Å². The van der Waals surface area contributed by atoms with Crippen LogP contribution in [0, 0.1) is 0 Å². The highest BCUT2D eigenvalue weighted by Crippen LogP contribution is 2.31. The number of hydrogen-bond donors (Lipinski definition) is 1. The van der Waals surface area contributed by atoms with Gasteiger partial charge in [0.2, 0.25) is 0 Å². The van der Waals surface area contributed by atoms with Crippen molar-refractivity contribution in [1.29, 1.82) is 0 Å². The maximum absolute atomic E-state index is 13.0. The molecule has 1 aliphatic rings. The van der Waals surface area contributed by atoms with Gasteiger partial charge in [0, 0.05) is 4.90 Å². The highest BCUT2D eigenvalue weighted by atomic mass is 32.2. The molecule has 0 aliphatic carbocycles. The van der Waals surface area contributed by atoms with E-state index >= 15 is 0 Å². The van der Waals surface area contributed by atoms with Gasteiger partial charge in [-0.3, -0.25) is 9.69 Å². The van der Waals surface area contributed by atoms with E-state index in [0.29, 0.717) is 5.92 Å². The van der Waals surface area contributed by atoms with Crippen LogP contribution in [0.25, 0.3) is 0 Å². The van der Waals surface area contributed by atoms with Gasteiger partial charge in [-0.2, -0.15) is 0 Å². The number of rotatable bonds is 5. The predicted octanol–water partition coefficient (Wildman–Crippen LogP) is 4.50. The quantitative estimate of drug-likeness (QED) is 0.624. The summed E-state index contributed by atoms with van der Waals surface area (Å²) < 4.78 is 0. The van der Waals surface area contributed by atoms with E-state index in [2.05, 4.69) is 19.2 Å².